The van der Waals surface area contributed by atoms with Crippen LogP contribution in [0.3, 0.4) is 0 Å². The summed E-state index contributed by atoms with van der Waals surface area (Å²) in [6.07, 6.45) is 1.51. The van der Waals surface area contributed by atoms with Gasteiger partial charge in [-0.3, -0.25) is 9.59 Å². The van der Waals surface area contributed by atoms with E-state index in [2.05, 4.69) is 15.5 Å². The summed E-state index contributed by atoms with van der Waals surface area (Å²) >= 11 is 5.96. The van der Waals surface area contributed by atoms with Gasteiger partial charge in [-0.2, -0.15) is 0 Å². The number of anilines is 2. The topological polar surface area (TPSA) is 91.6 Å². The first-order chi connectivity index (χ1) is 14.4. The minimum absolute atomic E-state index is 0.102. The lowest BCUT2D eigenvalue weighted by molar-refractivity contribution is -0.117. The second-order valence-electron chi connectivity index (χ2n) is 7.15. The van der Waals surface area contributed by atoms with Crippen molar-refractivity contribution in [3.63, 3.8) is 0 Å². The van der Waals surface area contributed by atoms with E-state index in [4.69, 9.17) is 16.1 Å². The van der Waals surface area contributed by atoms with Gasteiger partial charge in [-0.1, -0.05) is 28.9 Å². The zero-order valence-electron chi connectivity index (χ0n) is 16.6. The summed E-state index contributed by atoms with van der Waals surface area (Å²) in [6, 6.07) is 10.8. The Hall–Kier alpha value is -3.39. The van der Waals surface area contributed by atoms with Crippen molar-refractivity contribution in [2.75, 3.05) is 23.8 Å². The number of amides is 2. The molecular formula is C21H20ClN5O3. The van der Waals surface area contributed by atoms with Gasteiger partial charge < -0.3 is 19.6 Å². The fourth-order valence-corrected chi connectivity index (χ4v) is 3.39. The first-order valence-electron chi connectivity index (χ1n) is 9.37. The number of nitrogens with zero attached hydrogens (tertiary/aromatic N) is 4. The highest BCUT2D eigenvalue weighted by Gasteiger charge is 2.27. The van der Waals surface area contributed by atoms with Gasteiger partial charge in [0.05, 0.1) is 36.6 Å². The molecule has 0 saturated carbocycles. The number of hydrogen-bond acceptors (Lipinski definition) is 6. The number of halogens is 1. The van der Waals surface area contributed by atoms with Crippen molar-refractivity contribution in [3.8, 4) is 0 Å². The van der Waals surface area contributed by atoms with Crippen LogP contribution in [0.5, 0.6) is 0 Å². The van der Waals surface area contributed by atoms with E-state index in [1.165, 1.54) is 11.1 Å². The van der Waals surface area contributed by atoms with E-state index in [1.54, 1.807) is 36.2 Å². The Morgan fingerprint density at radius 3 is 2.77 bits per heavy atom. The minimum atomic E-state index is -0.233. The fraction of sp³-hybridized carbons (Fsp3) is 0.238. The Balaban J connectivity index is 1.58. The molecule has 1 aliphatic heterocycles. The monoisotopic (exact) mass is 425 g/mol. The largest absolute Gasteiger partial charge is 0.359 e. The van der Waals surface area contributed by atoms with Gasteiger partial charge in [0.2, 0.25) is 5.91 Å². The maximum absolute atomic E-state index is 12.9. The molecule has 0 unspecified atom stereocenters. The van der Waals surface area contributed by atoms with Crippen molar-refractivity contribution >= 4 is 34.9 Å². The number of pyridine rings is 1. The number of nitrogens with one attached hydrogen (secondary N) is 1. The zero-order chi connectivity index (χ0) is 21.3. The summed E-state index contributed by atoms with van der Waals surface area (Å²) < 4.78 is 5.19. The van der Waals surface area contributed by atoms with Crippen molar-refractivity contribution < 1.29 is 14.1 Å². The fourth-order valence-electron chi connectivity index (χ4n) is 3.26. The molecule has 2 amide bonds. The molecule has 1 aliphatic rings. The first-order valence-corrected chi connectivity index (χ1v) is 9.75. The second kappa shape index (κ2) is 8.16. The average Bonchev–Trinajstić information content (AvgIpc) is 3.15. The molecule has 0 bridgehead atoms. The summed E-state index contributed by atoms with van der Waals surface area (Å²) in [5.74, 6) is 0.822. The molecule has 3 aromatic rings. The molecule has 0 radical (unpaired) electrons. The molecule has 0 fully saturated rings. The molecule has 2 aromatic heterocycles. The number of fused-ring (bicyclic) bond motifs is 1. The lowest BCUT2D eigenvalue weighted by Crippen LogP contribution is -2.40. The highest BCUT2D eigenvalue weighted by Crippen LogP contribution is 2.30. The third-order valence-corrected chi connectivity index (χ3v) is 5.04. The molecule has 3 heterocycles. The van der Waals surface area contributed by atoms with Crippen LogP contribution in [-0.2, 0) is 17.9 Å². The van der Waals surface area contributed by atoms with Gasteiger partial charge >= 0.3 is 0 Å². The summed E-state index contributed by atoms with van der Waals surface area (Å²) in [5.41, 5.74) is 2.62. The summed E-state index contributed by atoms with van der Waals surface area (Å²) in [4.78, 5) is 33.0. The van der Waals surface area contributed by atoms with Crippen LogP contribution in [-0.4, -0.2) is 40.4 Å². The second-order valence-corrected chi connectivity index (χ2v) is 7.58. The van der Waals surface area contributed by atoms with Gasteiger partial charge in [0, 0.05) is 24.3 Å². The van der Waals surface area contributed by atoms with E-state index in [-0.39, 0.29) is 24.9 Å². The number of aryl methyl sites for hydroxylation is 1. The van der Waals surface area contributed by atoms with E-state index in [9.17, 15) is 9.59 Å². The third kappa shape index (κ3) is 4.13. The molecule has 0 spiro atoms. The molecule has 30 heavy (non-hydrogen) atoms. The van der Waals surface area contributed by atoms with Crippen LogP contribution in [0.1, 0.15) is 27.4 Å². The number of hydrogen-bond donors (Lipinski definition) is 1. The van der Waals surface area contributed by atoms with E-state index >= 15 is 0 Å². The van der Waals surface area contributed by atoms with Crippen LogP contribution >= 0.6 is 11.6 Å². The van der Waals surface area contributed by atoms with E-state index in [0.717, 1.165) is 11.3 Å². The van der Waals surface area contributed by atoms with E-state index in [0.29, 0.717) is 34.4 Å². The van der Waals surface area contributed by atoms with Crippen LogP contribution < -0.4 is 10.2 Å². The van der Waals surface area contributed by atoms with Crippen molar-refractivity contribution in [2.24, 2.45) is 0 Å². The van der Waals surface area contributed by atoms with Crippen LogP contribution in [0.2, 0.25) is 5.02 Å². The van der Waals surface area contributed by atoms with Crippen molar-refractivity contribution in [1.82, 2.24) is 15.0 Å². The summed E-state index contributed by atoms with van der Waals surface area (Å²) in [5, 5.41) is 7.47. The van der Waals surface area contributed by atoms with Gasteiger partial charge in [0.1, 0.15) is 0 Å². The smallest absolute Gasteiger partial charge is 0.255 e. The predicted octanol–water partition coefficient (Wildman–Crippen LogP) is 3.26. The summed E-state index contributed by atoms with van der Waals surface area (Å²) in [7, 11) is 1.68. The molecular weight excluding hydrogens is 406 g/mol. The van der Waals surface area contributed by atoms with Crippen molar-refractivity contribution in [1.29, 1.82) is 0 Å². The SMILES string of the molecule is Cc1cc(CN(C)C(=O)c2cnc3c(c2)N(Cc2ccc(Cl)cc2)C(=O)CN3)on1. The van der Waals surface area contributed by atoms with Gasteiger partial charge in [0.15, 0.2) is 11.6 Å². The first kappa shape index (κ1) is 19.9. The molecule has 1 N–H and O–H groups in total. The number of rotatable bonds is 5. The van der Waals surface area contributed by atoms with E-state index in [1.807, 2.05) is 19.1 Å². The summed E-state index contributed by atoms with van der Waals surface area (Å²) in [6.45, 7) is 2.60. The Labute approximate surface area is 178 Å². The third-order valence-electron chi connectivity index (χ3n) is 4.78. The molecule has 9 heteroatoms. The van der Waals surface area contributed by atoms with Crippen molar-refractivity contribution in [3.05, 3.63) is 70.2 Å². The Morgan fingerprint density at radius 2 is 2.07 bits per heavy atom. The lowest BCUT2D eigenvalue weighted by Gasteiger charge is -2.30. The quantitative estimate of drug-likeness (QED) is 0.674. The van der Waals surface area contributed by atoms with Gasteiger partial charge in [-0.15, -0.1) is 0 Å². The van der Waals surface area contributed by atoms with Crippen LogP contribution in [0, 0.1) is 6.92 Å². The Bertz CT molecular complexity index is 1100. The molecule has 154 valence electrons. The van der Waals surface area contributed by atoms with Gasteiger partial charge in [-0.05, 0) is 30.7 Å². The Morgan fingerprint density at radius 1 is 1.30 bits per heavy atom. The molecule has 0 aliphatic carbocycles. The highest BCUT2D eigenvalue weighted by atomic mass is 35.5. The number of aromatic nitrogens is 2. The van der Waals surface area contributed by atoms with Gasteiger partial charge in [0.25, 0.3) is 5.91 Å². The molecule has 1 aromatic carbocycles. The van der Waals surface area contributed by atoms with E-state index < -0.39 is 0 Å². The maximum atomic E-state index is 12.9. The molecule has 4 rings (SSSR count). The van der Waals surface area contributed by atoms with Crippen molar-refractivity contribution in [2.45, 2.75) is 20.0 Å². The standard InChI is InChI=1S/C21H20ClN5O3/c1-13-7-17(30-25-13)12-26(2)21(29)15-8-18-20(23-9-15)24-10-19(28)27(18)11-14-3-5-16(22)6-4-14/h3-9H,10-12H2,1-2H3,(H,23,24). The number of benzene rings is 1. The van der Waals surface area contributed by atoms with Crippen LogP contribution in [0.25, 0.3) is 0 Å². The number of carbonyl (C=O) groups is 2. The van der Waals surface area contributed by atoms with Crippen LogP contribution in [0.4, 0.5) is 11.5 Å². The predicted molar refractivity (Wildman–Crippen MR) is 112 cm³/mol. The zero-order valence-corrected chi connectivity index (χ0v) is 17.3. The molecule has 0 saturated heterocycles. The lowest BCUT2D eigenvalue weighted by atomic mass is 10.1. The number of carbonyl (C=O) groups excluding carboxylic acids is 2. The van der Waals surface area contributed by atoms with Gasteiger partial charge in [-0.25, -0.2) is 4.98 Å². The maximum Gasteiger partial charge on any atom is 0.255 e. The highest BCUT2D eigenvalue weighted by molar-refractivity contribution is 6.30. The van der Waals surface area contributed by atoms with Crippen LogP contribution in [0.15, 0.2) is 47.1 Å². The minimum Gasteiger partial charge on any atom is -0.359 e. The average molecular weight is 426 g/mol. The molecule has 8 nitrogen and oxygen atoms in total. The normalized spacial score (nSPS) is 13.0. The molecule has 0 atom stereocenters. The Kier molecular flexibility index (Phi) is 5.41.